The van der Waals surface area contributed by atoms with Crippen molar-refractivity contribution in [3.05, 3.63) is 66.0 Å². The summed E-state index contributed by atoms with van der Waals surface area (Å²) in [7, 11) is 0. The summed E-state index contributed by atoms with van der Waals surface area (Å²) in [5.74, 6) is -0.699. The molecule has 0 radical (unpaired) electrons. The number of nitrogens with zero attached hydrogens (tertiary/aromatic N) is 5. The molecule has 2 aromatic heterocycles. The van der Waals surface area contributed by atoms with Crippen LogP contribution in [0.3, 0.4) is 0 Å². The molecule has 0 atom stereocenters. The van der Waals surface area contributed by atoms with Crippen LogP contribution in [0.15, 0.2) is 48.8 Å². The number of fused-ring (bicyclic) bond motifs is 3. The van der Waals surface area contributed by atoms with Crippen molar-refractivity contribution in [3.8, 4) is 0 Å². The van der Waals surface area contributed by atoms with Crippen LogP contribution in [0.1, 0.15) is 32.3 Å². The van der Waals surface area contributed by atoms with E-state index in [1.807, 2.05) is 0 Å². The zero-order valence-electron chi connectivity index (χ0n) is 18.4. The third-order valence-corrected chi connectivity index (χ3v) is 6.28. The minimum Gasteiger partial charge on any atom is -0.326 e. The lowest BCUT2D eigenvalue weighted by Gasteiger charge is -2.25. The van der Waals surface area contributed by atoms with E-state index in [0.717, 1.165) is 0 Å². The van der Waals surface area contributed by atoms with E-state index in [-0.39, 0.29) is 29.8 Å². The summed E-state index contributed by atoms with van der Waals surface area (Å²) in [6.07, 6.45) is -1.71. The van der Waals surface area contributed by atoms with Crippen LogP contribution in [0.2, 0.25) is 0 Å². The molecule has 1 aliphatic rings. The lowest BCUT2D eigenvalue weighted by Crippen LogP contribution is -2.22. The SMILES string of the molecule is CCN(c1cc(F)cc(/C(C)=C/C2(C(F)(F)F)CC2)c1)c1nc2nncn2c2cccc(F)c12. The topological polar surface area (TPSA) is 46.3 Å². The second-order valence-electron chi connectivity index (χ2n) is 8.49. The van der Waals surface area contributed by atoms with Gasteiger partial charge in [-0.3, -0.25) is 4.40 Å². The van der Waals surface area contributed by atoms with Crippen molar-refractivity contribution in [2.24, 2.45) is 5.41 Å². The average Bonchev–Trinajstić information content (AvgIpc) is 3.42. The Morgan fingerprint density at radius 2 is 1.94 bits per heavy atom. The molecule has 0 amide bonds. The number of benzene rings is 2. The fourth-order valence-electron chi connectivity index (χ4n) is 4.31. The van der Waals surface area contributed by atoms with E-state index < -0.39 is 23.2 Å². The van der Waals surface area contributed by atoms with Crippen LogP contribution in [-0.2, 0) is 0 Å². The summed E-state index contributed by atoms with van der Waals surface area (Å²) in [5.41, 5.74) is -0.394. The molecular weight excluding hydrogens is 453 g/mol. The zero-order chi connectivity index (χ0) is 24.3. The van der Waals surface area contributed by atoms with Gasteiger partial charge in [-0.15, -0.1) is 10.2 Å². The average molecular weight is 473 g/mol. The summed E-state index contributed by atoms with van der Waals surface area (Å²) in [6, 6.07) is 8.59. The number of anilines is 2. The van der Waals surface area contributed by atoms with Gasteiger partial charge in [0, 0.05) is 12.2 Å². The largest absolute Gasteiger partial charge is 0.397 e. The lowest BCUT2D eigenvalue weighted by atomic mass is 9.98. The molecule has 1 aliphatic carbocycles. The first-order valence-corrected chi connectivity index (χ1v) is 10.8. The molecular formula is C24H20F5N5. The summed E-state index contributed by atoms with van der Waals surface area (Å²) in [6.45, 7) is 3.62. The van der Waals surface area contributed by atoms with E-state index >= 15 is 0 Å². The van der Waals surface area contributed by atoms with Crippen molar-refractivity contribution < 1.29 is 22.0 Å². The second-order valence-corrected chi connectivity index (χ2v) is 8.49. The van der Waals surface area contributed by atoms with Gasteiger partial charge in [0.15, 0.2) is 0 Å². The first-order valence-electron chi connectivity index (χ1n) is 10.8. The molecule has 34 heavy (non-hydrogen) atoms. The second kappa shape index (κ2) is 7.75. The van der Waals surface area contributed by atoms with Gasteiger partial charge in [-0.1, -0.05) is 12.1 Å². The highest BCUT2D eigenvalue weighted by molar-refractivity contribution is 5.94. The van der Waals surface area contributed by atoms with Crippen LogP contribution in [0.5, 0.6) is 0 Å². The molecule has 4 aromatic rings. The Kier molecular flexibility index (Phi) is 5.07. The highest BCUT2D eigenvalue weighted by atomic mass is 19.4. The van der Waals surface area contributed by atoms with Crippen molar-refractivity contribution >= 4 is 33.8 Å². The third-order valence-electron chi connectivity index (χ3n) is 6.28. The Labute approximate surface area is 191 Å². The van der Waals surface area contributed by atoms with Gasteiger partial charge in [0.25, 0.3) is 5.78 Å². The summed E-state index contributed by atoms with van der Waals surface area (Å²) < 4.78 is 71.5. The molecule has 5 nitrogen and oxygen atoms in total. The molecule has 0 spiro atoms. The maximum absolute atomic E-state index is 15.0. The minimum absolute atomic E-state index is 0.0185. The third kappa shape index (κ3) is 3.57. The number of allylic oxidation sites excluding steroid dienone is 2. The van der Waals surface area contributed by atoms with Gasteiger partial charge < -0.3 is 4.90 Å². The molecule has 0 unspecified atom stereocenters. The number of aromatic nitrogens is 4. The normalized spacial score (nSPS) is 15.8. The molecule has 0 N–H and O–H groups in total. The molecule has 2 heterocycles. The smallest absolute Gasteiger partial charge is 0.326 e. The van der Waals surface area contributed by atoms with Gasteiger partial charge in [-0.05, 0) is 68.2 Å². The maximum atomic E-state index is 15.0. The molecule has 0 bridgehead atoms. The van der Waals surface area contributed by atoms with Crippen molar-refractivity contribution in [1.29, 1.82) is 0 Å². The van der Waals surface area contributed by atoms with Gasteiger partial charge >= 0.3 is 6.18 Å². The highest BCUT2D eigenvalue weighted by Gasteiger charge is 2.61. The Balaban J connectivity index is 1.66. The van der Waals surface area contributed by atoms with Crippen LogP contribution in [0.25, 0.3) is 22.3 Å². The lowest BCUT2D eigenvalue weighted by molar-refractivity contribution is -0.171. The predicted molar refractivity (Wildman–Crippen MR) is 119 cm³/mol. The first-order chi connectivity index (χ1) is 16.1. The summed E-state index contributed by atoms with van der Waals surface area (Å²) in [5, 5.41) is 8.01. The Bertz CT molecular complexity index is 1440. The predicted octanol–water partition coefficient (Wildman–Crippen LogP) is 6.46. The van der Waals surface area contributed by atoms with Gasteiger partial charge in [0.1, 0.15) is 23.8 Å². The Morgan fingerprint density at radius 3 is 2.62 bits per heavy atom. The molecule has 1 fully saturated rings. The minimum atomic E-state index is -4.35. The van der Waals surface area contributed by atoms with Crippen molar-refractivity contribution in [2.75, 3.05) is 11.4 Å². The highest BCUT2D eigenvalue weighted by Crippen LogP contribution is 2.59. The van der Waals surface area contributed by atoms with E-state index in [2.05, 4.69) is 15.2 Å². The van der Waals surface area contributed by atoms with E-state index in [1.165, 1.54) is 37.5 Å². The molecule has 5 rings (SSSR count). The van der Waals surface area contributed by atoms with E-state index in [9.17, 15) is 22.0 Å². The monoisotopic (exact) mass is 473 g/mol. The summed E-state index contributed by atoms with van der Waals surface area (Å²) in [4.78, 5) is 6.07. The van der Waals surface area contributed by atoms with E-state index in [1.54, 1.807) is 34.4 Å². The molecule has 0 saturated heterocycles. The number of rotatable bonds is 5. The molecule has 0 aliphatic heterocycles. The van der Waals surface area contributed by atoms with E-state index in [0.29, 0.717) is 28.9 Å². The van der Waals surface area contributed by atoms with Gasteiger partial charge in [0.05, 0.1) is 16.3 Å². The van der Waals surface area contributed by atoms with Gasteiger partial charge in [0.2, 0.25) is 0 Å². The quantitative estimate of drug-likeness (QED) is 0.312. The standard InChI is InChI=1S/C24H20F5N5/c1-3-33(21-20-18(26)5-4-6-19(20)34-13-30-32-22(34)31-21)17-10-15(9-16(25)11-17)14(2)12-23(7-8-23)24(27,28)29/h4-6,9-13H,3,7-8H2,1-2H3/b14-12+. The van der Waals surface area contributed by atoms with Gasteiger partial charge in [-0.25, -0.2) is 8.78 Å². The van der Waals surface area contributed by atoms with Crippen molar-refractivity contribution in [1.82, 2.24) is 19.6 Å². The zero-order valence-corrected chi connectivity index (χ0v) is 18.4. The number of hydrogen-bond donors (Lipinski definition) is 0. The summed E-state index contributed by atoms with van der Waals surface area (Å²) >= 11 is 0. The fourth-order valence-corrected chi connectivity index (χ4v) is 4.31. The molecule has 10 heteroatoms. The van der Waals surface area contributed by atoms with Crippen LogP contribution in [0.4, 0.5) is 33.5 Å². The molecule has 2 aromatic carbocycles. The van der Waals surface area contributed by atoms with Gasteiger partial charge in [-0.2, -0.15) is 18.2 Å². The van der Waals surface area contributed by atoms with E-state index in [4.69, 9.17) is 0 Å². The van der Waals surface area contributed by atoms with Crippen molar-refractivity contribution in [2.45, 2.75) is 32.9 Å². The van der Waals surface area contributed by atoms with Crippen LogP contribution in [0, 0.1) is 17.0 Å². The fraction of sp³-hybridized carbons (Fsp3) is 0.292. The van der Waals surface area contributed by atoms with Crippen LogP contribution in [-0.4, -0.2) is 32.3 Å². The number of halogens is 5. The number of alkyl halides is 3. The first kappa shape index (κ1) is 22.2. The van der Waals surface area contributed by atoms with Crippen molar-refractivity contribution in [3.63, 3.8) is 0 Å². The number of hydrogen-bond acceptors (Lipinski definition) is 4. The Morgan fingerprint density at radius 1 is 1.18 bits per heavy atom. The Hall–Kier alpha value is -3.56. The van der Waals surface area contributed by atoms with Crippen LogP contribution < -0.4 is 4.90 Å². The van der Waals surface area contributed by atoms with Crippen LogP contribution >= 0.6 is 0 Å². The maximum Gasteiger partial charge on any atom is 0.397 e. The molecule has 1 saturated carbocycles. The molecule has 176 valence electrons.